The Hall–Kier alpha value is -0.670. The summed E-state index contributed by atoms with van der Waals surface area (Å²) in [5.74, 6) is 2.15. The van der Waals surface area contributed by atoms with Crippen LogP contribution in [-0.4, -0.2) is 72.2 Å². The molecule has 0 aromatic carbocycles. The van der Waals surface area contributed by atoms with Crippen molar-refractivity contribution in [1.82, 2.24) is 15.2 Å². The van der Waals surface area contributed by atoms with E-state index in [4.69, 9.17) is 10.5 Å². The number of rotatable bonds is 6. The number of nitrogens with two attached hydrogens (primary N) is 1. The molecule has 0 aliphatic carbocycles. The van der Waals surface area contributed by atoms with Crippen LogP contribution in [0.3, 0.4) is 0 Å². The highest BCUT2D eigenvalue weighted by Gasteiger charge is 2.40. The molecule has 0 saturated carbocycles. The molecule has 0 spiro atoms. The minimum atomic E-state index is -0.0749. The van der Waals surface area contributed by atoms with Gasteiger partial charge in [-0.25, -0.2) is 4.98 Å². The number of ether oxygens (including phenoxy) is 1. The largest absolute Gasteiger partial charge is 0.379 e. The van der Waals surface area contributed by atoms with E-state index in [0.29, 0.717) is 18.8 Å². The predicted octanol–water partition coefficient (Wildman–Crippen LogP) is 0.582. The first-order valence-corrected chi connectivity index (χ1v) is 10.1. The molecule has 1 aromatic heterocycles. The molecular weight excluding hydrogens is 332 g/mol. The highest BCUT2D eigenvalue weighted by Crippen LogP contribution is 2.33. The van der Waals surface area contributed by atoms with E-state index < -0.39 is 0 Å². The molecule has 1 amide bonds. The van der Waals surface area contributed by atoms with Gasteiger partial charge in [-0.05, 0) is 18.7 Å². The SMILES string of the molecule is NCCc1nc(C(=O)NCC2(N3CCOCC3)CCSC2)cs1. The molecule has 2 fully saturated rings. The highest BCUT2D eigenvalue weighted by molar-refractivity contribution is 7.99. The summed E-state index contributed by atoms with van der Waals surface area (Å²) in [4.78, 5) is 19.3. The van der Waals surface area contributed by atoms with Crippen molar-refractivity contribution < 1.29 is 9.53 Å². The molecule has 0 bridgehead atoms. The lowest BCUT2D eigenvalue weighted by Gasteiger charge is -2.43. The first kappa shape index (κ1) is 17.2. The zero-order chi connectivity index (χ0) is 16.1. The fraction of sp³-hybridized carbons (Fsp3) is 0.733. The Bertz CT molecular complexity index is 525. The standard InChI is InChI=1S/C15H24N4O2S2/c16-3-1-13-18-12(9-23-13)14(20)17-10-15(2-8-22-11-15)19-4-6-21-7-5-19/h9H,1-8,10-11,16H2,(H,17,20). The third-order valence-electron chi connectivity index (χ3n) is 4.48. The molecule has 0 radical (unpaired) electrons. The van der Waals surface area contributed by atoms with Gasteiger partial charge in [-0.2, -0.15) is 11.8 Å². The van der Waals surface area contributed by atoms with Crippen LogP contribution in [0.5, 0.6) is 0 Å². The van der Waals surface area contributed by atoms with E-state index in [1.807, 2.05) is 17.1 Å². The maximum absolute atomic E-state index is 12.4. The first-order valence-electron chi connectivity index (χ1n) is 8.07. The summed E-state index contributed by atoms with van der Waals surface area (Å²) in [6.45, 7) is 4.72. The summed E-state index contributed by atoms with van der Waals surface area (Å²) in [6, 6.07) is 0. The van der Waals surface area contributed by atoms with Crippen LogP contribution < -0.4 is 11.1 Å². The van der Waals surface area contributed by atoms with Gasteiger partial charge < -0.3 is 15.8 Å². The number of carbonyl (C=O) groups excluding carboxylic acids is 1. The molecule has 3 heterocycles. The number of carbonyl (C=O) groups is 1. The van der Waals surface area contributed by atoms with E-state index in [9.17, 15) is 4.79 Å². The number of hydrogen-bond donors (Lipinski definition) is 2. The van der Waals surface area contributed by atoms with E-state index in [1.165, 1.54) is 11.3 Å². The molecule has 3 N–H and O–H groups in total. The van der Waals surface area contributed by atoms with Crippen LogP contribution in [0.1, 0.15) is 21.9 Å². The summed E-state index contributed by atoms with van der Waals surface area (Å²) in [5, 5.41) is 5.86. The number of morpholine rings is 1. The van der Waals surface area contributed by atoms with Gasteiger partial charge in [0.15, 0.2) is 0 Å². The summed E-state index contributed by atoms with van der Waals surface area (Å²) in [5.41, 5.74) is 6.12. The van der Waals surface area contributed by atoms with Crippen LogP contribution >= 0.6 is 23.1 Å². The monoisotopic (exact) mass is 356 g/mol. The average molecular weight is 357 g/mol. The van der Waals surface area contributed by atoms with Crippen LogP contribution in [0, 0.1) is 0 Å². The molecule has 128 valence electrons. The fourth-order valence-corrected chi connectivity index (χ4v) is 5.40. The van der Waals surface area contributed by atoms with E-state index in [0.717, 1.165) is 55.7 Å². The van der Waals surface area contributed by atoms with Gasteiger partial charge in [0.25, 0.3) is 5.91 Å². The molecule has 2 aliphatic rings. The zero-order valence-corrected chi connectivity index (χ0v) is 14.9. The van der Waals surface area contributed by atoms with Crippen molar-refractivity contribution in [3.8, 4) is 0 Å². The Morgan fingerprint density at radius 3 is 3.00 bits per heavy atom. The lowest BCUT2D eigenvalue weighted by Crippen LogP contribution is -2.59. The van der Waals surface area contributed by atoms with Gasteiger partial charge in [0.05, 0.1) is 18.2 Å². The lowest BCUT2D eigenvalue weighted by atomic mass is 9.95. The molecule has 1 aromatic rings. The molecule has 3 rings (SSSR count). The van der Waals surface area contributed by atoms with Crippen molar-refractivity contribution in [1.29, 1.82) is 0 Å². The molecule has 1 atom stereocenters. The number of thiazole rings is 1. The first-order chi connectivity index (χ1) is 11.2. The molecule has 2 saturated heterocycles. The van der Waals surface area contributed by atoms with E-state index in [2.05, 4.69) is 15.2 Å². The maximum atomic E-state index is 12.4. The van der Waals surface area contributed by atoms with Crippen molar-refractivity contribution in [2.24, 2.45) is 5.73 Å². The van der Waals surface area contributed by atoms with Crippen LogP contribution in [0.25, 0.3) is 0 Å². The van der Waals surface area contributed by atoms with Gasteiger partial charge in [0.2, 0.25) is 0 Å². The predicted molar refractivity (Wildman–Crippen MR) is 94.3 cm³/mol. The van der Waals surface area contributed by atoms with Crippen LogP contribution in [0.2, 0.25) is 0 Å². The molecule has 6 nitrogen and oxygen atoms in total. The van der Waals surface area contributed by atoms with Crippen molar-refractivity contribution in [2.45, 2.75) is 18.4 Å². The van der Waals surface area contributed by atoms with Crippen molar-refractivity contribution >= 4 is 29.0 Å². The molecule has 23 heavy (non-hydrogen) atoms. The summed E-state index contributed by atoms with van der Waals surface area (Å²) in [6.07, 6.45) is 1.85. The lowest BCUT2D eigenvalue weighted by molar-refractivity contribution is -0.0129. The number of amides is 1. The van der Waals surface area contributed by atoms with Gasteiger partial charge in [0, 0.05) is 42.7 Å². The van der Waals surface area contributed by atoms with Crippen LogP contribution in [0.4, 0.5) is 0 Å². The quantitative estimate of drug-likeness (QED) is 0.776. The second kappa shape index (κ2) is 7.94. The topological polar surface area (TPSA) is 80.5 Å². The van der Waals surface area contributed by atoms with Gasteiger partial charge >= 0.3 is 0 Å². The molecule has 2 aliphatic heterocycles. The van der Waals surface area contributed by atoms with E-state index in [-0.39, 0.29) is 11.4 Å². The third-order valence-corrected chi connectivity index (χ3v) is 6.63. The number of aromatic nitrogens is 1. The van der Waals surface area contributed by atoms with E-state index in [1.54, 1.807) is 0 Å². The smallest absolute Gasteiger partial charge is 0.270 e. The number of nitrogens with zero attached hydrogens (tertiary/aromatic N) is 2. The molecular formula is C15H24N4O2S2. The van der Waals surface area contributed by atoms with Gasteiger partial charge in [-0.3, -0.25) is 9.69 Å². The van der Waals surface area contributed by atoms with Crippen molar-refractivity contribution in [3.63, 3.8) is 0 Å². The van der Waals surface area contributed by atoms with Crippen LogP contribution in [0.15, 0.2) is 5.38 Å². The summed E-state index contributed by atoms with van der Waals surface area (Å²) >= 11 is 3.48. The number of thioether (sulfide) groups is 1. The Labute approximate surface area is 145 Å². The normalized spacial score (nSPS) is 25.6. The van der Waals surface area contributed by atoms with Gasteiger partial charge in [-0.15, -0.1) is 11.3 Å². The van der Waals surface area contributed by atoms with Gasteiger partial charge in [-0.1, -0.05) is 0 Å². The van der Waals surface area contributed by atoms with Crippen molar-refractivity contribution in [2.75, 3.05) is 50.9 Å². The minimum absolute atomic E-state index is 0.0697. The Morgan fingerprint density at radius 1 is 1.48 bits per heavy atom. The zero-order valence-electron chi connectivity index (χ0n) is 13.3. The fourth-order valence-electron chi connectivity index (χ4n) is 3.12. The number of hydrogen-bond acceptors (Lipinski definition) is 7. The average Bonchev–Trinajstić information content (AvgIpc) is 3.24. The molecule has 8 heteroatoms. The minimum Gasteiger partial charge on any atom is -0.379 e. The Balaban J connectivity index is 1.60. The Morgan fingerprint density at radius 2 is 2.30 bits per heavy atom. The number of nitrogens with one attached hydrogen (secondary N) is 1. The van der Waals surface area contributed by atoms with Gasteiger partial charge in [0.1, 0.15) is 5.69 Å². The van der Waals surface area contributed by atoms with Crippen molar-refractivity contribution in [3.05, 3.63) is 16.1 Å². The Kier molecular flexibility index (Phi) is 5.92. The highest BCUT2D eigenvalue weighted by atomic mass is 32.2. The van der Waals surface area contributed by atoms with E-state index >= 15 is 0 Å². The van der Waals surface area contributed by atoms with Crippen LogP contribution in [-0.2, 0) is 11.2 Å². The second-order valence-electron chi connectivity index (χ2n) is 5.97. The summed E-state index contributed by atoms with van der Waals surface area (Å²) in [7, 11) is 0. The molecule has 1 unspecified atom stereocenters. The summed E-state index contributed by atoms with van der Waals surface area (Å²) < 4.78 is 5.47. The third kappa shape index (κ3) is 4.06. The second-order valence-corrected chi connectivity index (χ2v) is 8.02. The maximum Gasteiger partial charge on any atom is 0.270 e.